The molecule has 92 valence electrons. The number of aromatic nitrogens is 2. The average Bonchev–Trinajstić information content (AvgIpc) is 2.54. The third kappa shape index (κ3) is 3.46. The summed E-state index contributed by atoms with van der Waals surface area (Å²) in [7, 11) is 4.02. The lowest BCUT2D eigenvalue weighted by Crippen LogP contribution is -2.43. The largest absolute Gasteiger partial charge is 0.539 e. The molecule has 0 radical (unpaired) electrons. The van der Waals surface area contributed by atoms with Crippen LogP contribution in [0.25, 0.3) is 0 Å². The highest BCUT2D eigenvalue weighted by Gasteiger charge is 2.19. The van der Waals surface area contributed by atoms with Gasteiger partial charge in [-0.2, -0.15) is 0 Å². The van der Waals surface area contributed by atoms with Gasteiger partial charge in [0.1, 0.15) is 0 Å². The van der Waals surface area contributed by atoms with Crippen molar-refractivity contribution in [2.45, 2.75) is 26.4 Å². The summed E-state index contributed by atoms with van der Waals surface area (Å²) in [5.41, 5.74) is 0.578. The second kappa shape index (κ2) is 5.81. The molecule has 1 aromatic rings. The Balaban J connectivity index is 2.49. The summed E-state index contributed by atoms with van der Waals surface area (Å²) in [5, 5.41) is 18.3. The minimum absolute atomic E-state index is 0.136. The molecule has 1 N–H and O–H groups in total. The molecule has 0 aliphatic carbocycles. The Bertz CT molecular complexity index is 323. The van der Waals surface area contributed by atoms with Gasteiger partial charge in [-0.15, -0.1) is 0 Å². The molecule has 0 unspecified atom stereocenters. The highest BCUT2D eigenvalue weighted by atomic mass is 16.6. The van der Waals surface area contributed by atoms with Crippen LogP contribution < -0.4 is 15.1 Å². The zero-order valence-corrected chi connectivity index (χ0v) is 10.4. The normalized spacial score (nSPS) is 11.6. The summed E-state index contributed by atoms with van der Waals surface area (Å²) in [6.45, 7) is 6.18. The minimum atomic E-state index is -0.356. The Morgan fingerprint density at radius 3 is 2.75 bits per heavy atom. The first-order chi connectivity index (χ1) is 7.52. The van der Waals surface area contributed by atoms with Gasteiger partial charge in [0.05, 0.1) is 11.8 Å². The van der Waals surface area contributed by atoms with Crippen molar-refractivity contribution in [3.05, 3.63) is 5.69 Å². The van der Waals surface area contributed by atoms with Gasteiger partial charge in [-0.1, -0.05) is 4.68 Å². The molecule has 1 aromatic heterocycles. The molecule has 0 aliphatic rings. The fraction of sp³-hybridized carbons (Fsp3) is 0.800. The van der Waals surface area contributed by atoms with Gasteiger partial charge < -0.3 is 19.8 Å². The van der Waals surface area contributed by atoms with E-state index in [1.54, 1.807) is 4.68 Å². The predicted molar refractivity (Wildman–Crippen MR) is 56.8 cm³/mol. The molecule has 0 fully saturated rings. The van der Waals surface area contributed by atoms with Crippen LogP contribution in [0.1, 0.15) is 25.6 Å². The third-order valence-electron chi connectivity index (χ3n) is 2.24. The van der Waals surface area contributed by atoms with Crippen molar-refractivity contribution < 1.29 is 14.3 Å². The van der Waals surface area contributed by atoms with E-state index in [9.17, 15) is 5.11 Å². The smallest absolute Gasteiger partial charge is 0.247 e. The Morgan fingerprint density at radius 2 is 2.19 bits per heavy atom. The molecule has 0 aliphatic heterocycles. The van der Waals surface area contributed by atoms with Gasteiger partial charge in [-0.3, -0.25) is 0 Å². The van der Waals surface area contributed by atoms with Crippen LogP contribution in [-0.4, -0.2) is 37.4 Å². The molecule has 0 atom stereocenters. The first-order valence-electron chi connectivity index (χ1n) is 5.45. The van der Waals surface area contributed by atoms with E-state index in [0.29, 0.717) is 12.2 Å². The van der Waals surface area contributed by atoms with Crippen LogP contribution in [0.5, 0.6) is 5.95 Å². The van der Waals surface area contributed by atoms with Gasteiger partial charge in [0.15, 0.2) is 12.0 Å². The quantitative estimate of drug-likeness (QED) is 0.513. The molecule has 0 spiro atoms. The van der Waals surface area contributed by atoms with Gasteiger partial charge >= 0.3 is 0 Å². The average molecular weight is 228 g/mol. The topological polar surface area (TPSA) is 68.2 Å². The fourth-order valence-electron chi connectivity index (χ4n) is 1.35. The van der Waals surface area contributed by atoms with E-state index in [4.69, 9.17) is 0 Å². The Kier molecular flexibility index (Phi) is 4.70. The maximum atomic E-state index is 11.4. The summed E-state index contributed by atoms with van der Waals surface area (Å²) in [5.74, 6) is -0.356. The lowest BCUT2D eigenvalue weighted by atomic mass is 10.3. The fourth-order valence-corrected chi connectivity index (χ4v) is 1.35. The Labute approximate surface area is 95.8 Å². The predicted octanol–water partition coefficient (Wildman–Crippen LogP) is -0.732. The van der Waals surface area contributed by atoms with Crippen LogP contribution in [0.15, 0.2) is 4.52 Å². The molecule has 1 rings (SSSR count). The number of hydrogen-bond donors (Lipinski definition) is 1. The summed E-state index contributed by atoms with van der Waals surface area (Å²) in [6, 6.07) is 0.136. The van der Waals surface area contributed by atoms with E-state index < -0.39 is 0 Å². The first-order valence-corrected chi connectivity index (χ1v) is 5.45. The van der Waals surface area contributed by atoms with Gasteiger partial charge in [-0.25, -0.2) is 0 Å². The number of rotatable bonds is 6. The van der Waals surface area contributed by atoms with Gasteiger partial charge in [0.2, 0.25) is 5.69 Å². The van der Waals surface area contributed by atoms with Crippen molar-refractivity contribution in [2.75, 3.05) is 27.2 Å². The van der Waals surface area contributed by atoms with Gasteiger partial charge in [0.25, 0.3) is 0 Å². The van der Waals surface area contributed by atoms with E-state index >= 15 is 0 Å². The van der Waals surface area contributed by atoms with Gasteiger partial charge in [-0.05, 0) is 27.9 Å². The van der Waals surface area contributed by atoms with Crippen LogP contribution in [-0.2, 0) is 6.54 Å². The van der Waals surface area contributed by atoms with Crippen molar-refractivity contribution >= 4 is 0 Å². The Morgan fingerprint density at radius 1 is 1.50 bits per heavy atom. The second-order valence-corrected chi connectivity index (χ2v) is 4.33. The molecule has 1 heterocycles. The molecule has 0 bridgehead atoms. The Hall–Kier alpha value is -1.14. The molecule has 0 amide bonds. The summed E-state index contributed by atoms with van der Waals surface area (Å²) >= 11 is 0. The number of nitrogens with one attached hydrogen (secondary N) is 1. The van der Waals surface area contributed by atoms with Crippen LogP contribution in [0.3, 0.4) is 0 Å². The molecular weight excluding hydrogens is 208 g/mol. The maximum absolute atomic E-state index is 11.4. The van der Waals surface area contributed by atoms with Crippen LogP contribution in [0, 0.1) is 0 Å². The van der Waals surface area contributed by atoms with Crippen LogP contribution in [0.4, 0.5) is 0 Å². The van der Waals surface area contributed by atoms with Crippen molar-refractivity contribution in [2.24, 2.45) is 0 Å². The maximum Gasteiger partial charge on any atom is 0.247 e. The zero-order valence-electron chi connectivity index (χ0n) is 10.4. The standard InChI is InChI=1S/C10H20N4O2/c1-8(2)14-9(10(15)16-12-14)7-11-5-6-13(3)4/h8,11H,5-7H2,1-4H3. The van der Waals surface area contributed by atoms with E-state index in [-0.39, 0.29) is 12.0 Å². The van der Waals surface area contributed by atoms with E-state index in [0.717, 1.165) is 13.1 Å². The highest BCUT2D eigenvalue weighted by molar-refractivity contribution is 5.02. The van der Waals surface area contributed by atoms with E-state index in [1.807, 2.05) is 27.9 Å². The van der Waals surface area contributed by atoms with E-state index in [2.05, 4.69) is 20.0 Å². The van der Waals surface area contributed by atoms with Crippen molar-refractivity contribution in [3.63, 3.8) is 0 Å². The first kappa shape index (κ1) is 12.9. The molecule has 0 aromatic carbocycles. The molecule has 0 saturated carbocycles. The summed E-state index contributed by atoms with van der Waals surface area (Å²) < 4.78 is 6.26. The SMILES string of the molecule is CC(C)[n+]1noc([O-])c1CNCCN(C)C. The van der Waals surface area contributed by atoms with E-state index in [1.165, 1.54) is 0 Å². The molecular formula is C10H20N4O2. The van der Waals surface area contributed by atoms with Crippen LogP contribution >= 0.6 is 0 Å². The van der Waals surface area contributed by atoms with Crippen molar-refractivity contribution in [1.82, 2.24) is 15.5 Å². The summed E-state index contributed by atoms with van der Waals surface area (Å²) in [6.07, 6.45) is 0. The monoisotopic (exact) mass is 228 g/mol. The lowest BCUT2D eigenvalue weighted by Gasteiger charge is -2.09. The zero-order chi connectivity index (χ0) is 12.1. The van der Waals surface area contributed by atoms with Gasteiger partial charge in [0, 0.05) is 13.1 Å². The van der Waals surface area contributed by atoms with Crippen molar-refractivity contribution in [3.8, 4) is 5.95 Å². The number of likely N-dealkylation sites (N-methyl/N-ethyl adjacent to an activating group) is 1. The second-order valence-electron chi connectivity index (χ2n) is 4.33. The molecule has 6 heteroatoms. The minimum Gasteiger partial charge on any atom is -0.539 e. The number of nitrogens with zero attached hydrogens (tertiary/aromatic N) is 3. The van der Waals surface area contributed by atoms with Crippen molar-refractivity contribution in [1.29, 1.82) is 0 Å². The summed E-state index contributed by atoms with van der Waals surface area (Å²) in [4.78, 5) is 2.08. The lowest BCUT2D eigenvalue weighted by molar-refractivity contribution is -0.785. The molecule has 16 heavy (non-hydrogen) atoms. The number of hydrogen-bond acceptors (Lipinski definition) is 5. The molecule has 0 saturated heterocycles. The highest BCUT2D eigenvalue weighted by Crippen LogP contribution is 2.08. The third-order valence-corrected chi connectivity index (χ3v) is 2.24. The molecule has 6 nitrogen and oxygen atoms in total. The van der Waals surface area contributed by atoms with Crippen LogP contribution in [0.2, 0.25) is 0 Å².